The zero-order valence-corrected chi connectivity index (χ0v) is 13.1. The zero-order chi connectivity index (χ0) is 15.0. The molecule has 0 aromatic carbocycles. The molecule has 1 rings (SSSR count). The van der Waals surface area contributed by atoms with Crippen molar-refractivity contribution >= 4 is 5.91 Å². The van der Waals surface area contributed by atoms with Crippen LogP contribution in [0.25, 0.3) is 0 Å². The highest BCUT2D eigenvalue weighted by atomic mass is 16.5. The van der Waals surface area contributed by atoms with Crippen LogP contribution in [0.2, 0.25) is 0 Å². The van der Waals surface area contributed by atoms with Crippen LogP contribution in [-0.2, 0) is 14.3 Å². The van der Waals surface area contributed by atoms with Gasteiger partial charge in [-0.05, 0) is 46.0 Å². The predicted octanol–water partition coefficient (Wildman–Crippen LogP) is 1.45. The second-order valence-corrected chi connectivity index (χ2v) is 5.82. The number of hydrogen-bond donors (Lipinski definition) is 2. The van der Waals surface area contributed by atoms with Gasteiger partial charge in [-0.2, -0.15) is 0 Å². The molecule has 20 heavy (non-hydrogen) atoms. The molecule has 2 unspecified atom stereocenters. The molecule has 1 aliphatic rings. The summed E-state index contributed by atoms with van der Waals surface area (Å²) in [6, 6.07) is 0.252. The number of carbonyl (C=O) groups is 1. The highest BCUT2D eigenvalue weighted by Crippen LogP contribution is 2.38. The Morgan fingerprint density at radius 3 is 2.65 bits per heavy atom. The standard InChI is InChI=1S/C15H30N2O3/c1-4-19-10-11-20-9-7-13-6-5-8-15(13,14(16)18)17-12(2)3/h12-13,17H,4-11H2,1-3H3,(H2,16,18). The fourth-order valence-electron chi connectivity index (χ4n) is 3.16. The van der Waals surface area contributed by atoms with E-state index in [1.54, 1.807) is 0 Å². The normalized spacial score (nSPS) is 26.3. The van der Waals surface area contributed by atoms with Gasteiger partial charge in [0.2, 0.25) is 5.91 Å². The van der Waals surface area contributed by atoms with Crippen molar-refractivity contribution in [2.45, 2.75) is 58.0 Å². The molecule has 5 heteroatoms. The summed E-state index contributed by atoms with van der Waals surface area (Å²) in [7, 11) is 0. The number of nitrogens with two attached hydrogens (primary N) is 1. The number of amides is 1. The minimum atomic E-state index is -0.544. The van der Waals surface area contributed by atoms with Crippen molar-refractivity contribution < 1.29 is 14.3 Å². The van der Waals surface area contributed by atoms with Crippen molar-refractivity contribution in [2.75, 3.05) is 26.4 Å². The molecular formula is C15H30N2O3. The van der Waals surface area contributed by atoms with E-state index in [9.17, 15) is 4.79 Å². The van der Waals surface area contributed by atoms with Crippen LogP contribution < -0.4 is 11.1 Å². The summed E-state index contributed by atoms with van der Waals surface area (Å²) in [5, 5.41) is 3.41. The van der Waals surface area contributed by atoms with Crippen molar-refractivity contribution in [1.29, 1.82) is 0 Å². The summed E-state index contributed by atoms with van der Waals surface area (Å²) in [5.74, 6) is 0.0532. The van der Waals surface area contributed by atoms with Crippen LogP contribution in [0.4, 0.5) is 0 Å². The Morgan fingerprint density at radius 1 is 1.35 bits per heavy atom. The Kier molecular flexibility index (Phi) is 7.48. The number of hydrogen-bond acceptors (Lipinski definition) is 4. The first-order valence-electron chi connectivity index (χ1n) is 7.76. The van der Waals surface area contributed by atoms with Crippen LogP contribution in [0.1, 0.15) is 46.5 Å². The highest BCUT2D eigenvalue weighted by Gasteiger charge is 2.47. The second-order valence-electron chi connectivity index (χ2n) is 5.82. The van der Waals surface area contributed by atoms with Gasteiger partial charge in [0.1, 0.15) is 5.54 Å². The molecule has 0 saturated heterocycles. The summed E-state index contributed by atoms with van der Waals surface area (Å²) < 4.78 is 10.8. The Labute approximate surface area is 122 Å². The molecule has 0 aromatic rings. The maximum atomic E-state index is 11.9. The van der Waals surface area contributed by atoms with Gasteiger partial charge in [-0.25, -0.2) is 0 Å². The van der Waals surface area contributed by atoms with Crippen LogP contribution in [0.3, 0.4) is 0 Å². The summed E-state index contributed by atoms with van der Waals surface area (Å²) in [6.45, 7) is 8.70. The number of ether oxygens (including phenoxy) is 2. The van der Waals surface area contributed by atoms with E-state index in [0.29, 0.717) is 19.8 Å². The van der Waals surface area contributed by atoms with Gasteiger partial charge in [-0.15, -0.1) is 0 Å². The van der Waals surface area contributed by atoms with E-state index >= 15 is 0 Å². The highest BCUT2D eigenvalue weighted by molar-refractivity contribution is 5.85. The molecule has 0 heterocycles. The van der Waals surface area contributed by atoms with Gasteiger partial charge in [0, 0.05) is 19.3 Å². The SMILES string of the molecule is CCOCCOCCC1CCCC1(NC(C)C)C(N)=O. The van der Waals surface area contributed by atoms with Crippen molar-refractivity contribution in [1.82, 2.24) is 5.32 Å². The molecule has 3 N–H and O–H groups in total. The second kappa shape index (κ2) is 8.60. The third kappa shape index (κ3) is 4.72. The van der Waals surface area contributed by atoms with Gasteiger partial charge in [-0.1, -0.05) is 6.42 Å². The first kappa shape index (κ1) is 17.4. The lowest BCUT2D eigenvalue weighted by Gasteiger charge is -2.35. The largest absolute Gasteiger partial charge is 0.379 e. The topological polar surface area (TPSA) is 73.6 Å². The molecule has 0 aromatic heterocycles. The smallest absolute Gasteiger partial charge is 0.238 e. The molecule has 1 aliphatic carbocycles. The molecule has 0 bridgehead atoms. The quantitative estimate of drug-likeness (QED) is 0.596. The Balaban J connectivity index is 2.43. The summed E-state index contributed by atoms with van der Waals surface area (Å²) in [5.41, 5.74) is 5.13. The average Bonchev–Trinajstić information content (AvgIpc) is 2.77. The van der Waals surface area contributed by atoms with Crippen molar-refractivity contribution in [2.24, 2.45) is 11.7 Å². The lowest BCUT2D eigenvalue weighted by atomic mass is 9.83. The zero-order valence-electron chi connectivity index (χ0n) is 13.1. The van der Waals surface area contributed by atoms with Crippen LogP contribution >= 0.6 is 0 Å². The minimum Gasteiger partial charge on any atom is -0.379 e. The average molecular weight is 286 g/mol. The summed E-state index contributed by atoms with van der Waals surface area (Å²) >= 11 is 0. The maximum Gasteiger partial charge on any atom is 0.238 e. The van der Waals surface area contributed by atoms with Crippen LogP contribution in [0, 0.1) is 5.92 Å². The number of primary amides is 1. The van der Waals surface area contributed by atoms with E-state index < -0.39 is 5.54 Å². The molecule has 0 spiro atoms. The van der Waals surface area contributed by atoms with E-state index in [2.05, 4.69) is 19.2 Å². The molecular weight excluding hydrogens is 256 g/mol. The van der Waals surface area contributed by atoms with Gasteiger partial charge in [0.15, 0.2) is 0 Å². The minimum absolute atomic E-state index is 0.219. The Morgan fingerprint density at radius 2 is 2.05 bits per heavy atom. The molecule has 1 amide bonds. The lowest BCUT2D eigenvalue weighted by molar-refractivity contribution is -0.126. The predicted molar refractivity (Wildman–Crippen MR) is 79.5 cm³/mol. The summed E-state index contributed by atoms with van der Waals surface area (Å²) in [4.78, 5) is 11.9. The monoisotopic (exact) mass is 286 g/mol. The number of nitrogens with one attached hydrogen (secondary N) is 1. The first-order chi connectivity index (χ1) is 9.53. The van der Waals surface area contributed by atoms with Gasteiger partial charge in [0.05, 0.1) is 13.2 Å². The molecule has 5 nitrogen and oxygen atoms in total. The van der Waals surface area contributed by atoms with E-state index in [4.69, 9.17) is 15.2 Å². The van der Waals surface area contributed by atoms with Gasteiger partial charge >= 0.3 is 0 Å². The molecule has 1 saturated carbocycles. The molecule has 0 aliphatic heterocycles. The van der Waals surface area contributed by atoms with Crippen molar-refractivity contribution in [3.05, 3.63) is 0 Å². The van der Waals surface area contributed by atoms with Crippen LogP contribution in [0.5, 0.6) is 0 Å². The molecule has 1 fully saturated rings. The van der Waals surface area contributed by atoms with Gasteiger partial charge in [-0.3, -0.25) is 4.79 Å². The molecule has 118 valence electrons. The third-order valence-electron chi connectivity index (χ3n) is 3.99. The van der Waals surface area contributed by atoms with Gasteiger partial charge < -0.3 is 20.5 Å². The fourth-order valence-corrected chi connectivity index (χ4v) is 3.16. The fraction of sp³-hybridized carbons (Fsp3) is 0.933. The Hall–Kier alpha value is -0.650. The van der Waals surface area contributed by atoms with E-state index in [0.717, 1.165) is 32.3 Å². The van der Waals surface area contributed by atoms with E-state index in [1.165, 1.54) is 0 Å². The Bertz CT molecular complexity index is 297. The molecule has 0 radical (unpaired) electrons. The van der Waals surface area contributed by atoms with E-state index in [-0.39, 0.29) is 17.9 Å². The van der Waals surface area contributed by atoms with E-state index in [1.807, 2.05) is 6.92 Å². The first-order valence-corrected chi connectivity index (χ1v) is 7.76. The number of rotatable bonds is 10. The third-order valence-corrected chi connectivity index (χ3v) is 3.99. The maximum absolute atomic E-state index is 11.9. The molecule has 2 atom stereocenters. The van der Waals surface area contributed by atoms with Crippen molar-refractivity contribution in [3.8, 4) is 0 Å². The van der Waals surface area contributed by atoms with Crippen LogP contribution in [0.15, 0.2) is 0 Å². The van der Waals surface area contributed by atoms with Crippen molar-refractivity contribution in [3.63, 3.8) is 0 Å². The summed E-state index contributed by atoms with van der Waals surface area (Å²) in [6.07, 6.45) is 3.79. The van der Waals surface area contributed by atoms with Gasteiger partial charge in [0.25, 0.3) is 0 Å². The lowest BCUT2D eigenvalue weighted by Crippen LogP contribution is -2.60. The number of carbonyl (C=O) groups excluding carboxylic acids is 1. The van der Waals surface area contributed by atoms with Crippen LogP contribution in [-0.4, -0.2) is 43.9 Å².